The van der Waals surface area contributed by atoms with E-state index >= 15 is 4.39 Å². The molecule has 5 rings (SSSR count). The molecule has 2 heterocycles. The highest BCUT2D eigenvalue weighted by Crippen LogP contribution is 2.56. The number of fused-ring (bicyclic) bond motifs is 2. The fourth-order valence-corrected chi connectivity index (χ4v) is 6.34. The van der Waals surface area contributed by atoms with Crippen LogP contribution in [0.2, 0.25) is 5.02 Å². The van der Waals surface area contributed by atoms with E-state index in [4.69, 9.17) is 11.6 Å². The van der Waals surface area contributed by atoms with E-state index in [-0.39, 0.29) is 39.2 Å². The predicted octanol–water partition coefficient (Wildman–Crippen LogP) is 4.83. The lowest BCUT2D eigenvalue weighted by molar-refractivity contribution is -0.122. The lowest BCUT2D eigenvalue weighted by atomic mass is 9.65. The summed E-state index contributed by atoms with van der Waals surface area (Å²) in [7, 11) is 0. The summed E-state index contributed by atoms with van der Waals surface area (Å²) < 4.78 is 15.7. The van der Waals surface area contributed by atoms with Crippen molar-refractivity contribution >= 4 is 34.7 Å². The maximum atomic E-state index is 15.7. The number of nitrogens with one attached hydrogen (secondary N) is 3. The molecule has 1 spiro atoms. The summed E-state index contributed by atoms with van der Waals surface area (Å²) in [5.74, 6) is -1.42. The standard InChI is InChI=1S/C29H33ClFN3O3/c1-15-9-10-18-20(11-15)33-26(36)29(18)21(14-27(2,3)4)34-24(25(35)32-16-12-28(5,37)13-16)22(29)17-7-6-8-19(30)23(17)31/h6-11,16,21,34,37H,12-14H2,1-5H3,(H,32,35)(H,33,36)/t16?,21-,28?,29+/m1/s1. The Labute approximate surface area is 221 Å². The summed E-state index contributed by atoms with van der Waals surface area (Å²) in [5, 5.41) is 19.4. The van der Waals surface area contributed by atoms with Gasteiger partial charge in [-0.05, 0) is 61.8 Å². The highest BCUT2D eigenvalue weighted by Gasteiger charge is 2.61. The molecule has 1 fully saturated rings. The number of hydrogen-bond acceptors (Lipinski definition) is 4. The van der Waals surface area contributed by atoms with E-state index in [1.807, 2.05) is 25.1 Å². The van der Waals surface area contributed by atoms with Crippen LogP contribution in [-0.2, 0) is 15.0 Å². The molecule has 196 valence electrons. The smallest absolute Gasteiger partial charge is 0.267 e. The van der Waals surface area contributed by atoms with Crippen LogP contribution in [0, 0.1) is 18.2 Å². The monoisotopic (exact) mass is 525 g/mol. The van der Waals surface area contributed by atoms with E-state index in [0.717, 1.165) is 5.56 Å². The van der Waals surface area contributed by atoms with Crippen LogP contribution in [0.3, 0.4) is 0 Å². The van der Waals surface area contributed by atoms with Gasteiger partial charge in [-0.2, -0.15) is 0 Å². The summed E-state index contributed by atoms with van der Waals surface area (Å²) in [5.41, 5.74) is 0.505. The molecule has 2 aromatic rings. The predicted molar refractivity (Wildman–Crippen MR) is 143 cm³/mol. The molecule has 6 nitrogen and oxygen atoms in total. The molecule has 0 radical (unpaired) electrons. The Morgan fingerprint density at radius 2 is 1.95 bits per heavy atom. The minimum atomic E-state index is -1.35. The lowest BCUT2D eigenvalue weighted by Gasteiger charge is -2.41. The van der Waals surface area contributed by atoms with Crippen molar-refractivity contribution in [3.8, 4) is 0 Å². The van der Waals surface area contributed by atoms with E-state index in [1.165, 1.54) is 6.07 Å². The van der Waals surface area contributed by atoms with Crippen molar-refractivity contribution in [2.45, 2.75) is 77.0 Å². The van der Waals surface area contributed by atoms with Gasteiger partial charge in [-0.3, -0.25) is 9.59 Å². The average molecular weight is 526 g/mol. The van der Waals surface area contributed by atoms with Gasteiger partial charge in [0.15, 0.2) is 0 Å². The summed E-state index contributed by atoms with van der Waals surface area (Å²) in [6, 6.07) is 9.63. The van der Waals surface area contributed by atoms with Crippen molar-refractivity contribution in [1.29, 1.82) is 0 Å². The van der Waals surface area contributed by atoms with E-state index in [9.17, 15) is 14.7 Å². The van der Waals surface area contributed by atoms with Crippen LogP contribution < -0.4 is 16.0 Å². The minimum absolute atomic E-state index is 0.0863. The van der Waals surface area contributed by atoms with Gasteiger partial charge in [0.05, 0.1) is 10.6 Å². The molecule has 0 unspecified atom stereocenters. The van der Waals surface area contributed by atoms with Crippen LogP contribution in [0.5, 0.6) is 0 Å². The first-order chi connectivity index (χ1) is 17.2. The Bertz CT molecular complexity index is 1340. The first-order valence-corrected chi connectivity index (χ1v) is 13.0. The Hall–Kier alpha value is -2.90. The first-order valence-electron chi connectivity index (χ1n) is 12.6. The zero-order valence-electron chi connectivity index (χ0n) is 21.8. The van der Waals surface area contributed by atoms with Crippen molar-refractivity contribution in [3.05, 3.63) is 69.6 Å². The zero-order valence-corrected chi connectivity index (χ0v) is 22.5. The molecule has 3 aliphatic rings. The zero-order chi connectivity index (χ0) is 26.9. The number of rotatable bonds is 4. The quantitative estimate of drug-likeness (QED) is 0.460. The molecule has 2 aliphatic heterocycles. The van der Waals surface area contributed by atoms with Gasteiger partial charge in [-0.25, -0.2) is 4.39 Å². The van der Waals surface area contributed by atoms with Crippen molar-refractivity contribution in [2.75, 3.05) is 5.32 Å². The van der Waals surface area contributed by atoms with Gasteiger partial charge in [0.25, 0.3) is 5.91 Å². The molecule has 37 heavy (non-hydrogen) atoms. The minimum Gasteiger partial charge on any atom is -0.390 e. The number of aliphatic hydroxyl groups is 1. The van der Waals surface area contributed by atoms with E-state index in [2.05, 4.69) is 36.7 Å². The highest BCUT2D eigenvalue weighted by atomic mass is 35.5. The third-order valence-corrected chi connectivity index (χ3v) is 7.96. The number of benzene rings is 2. The van der Waals surface area contributed by atoms with Crippen LogP contribution >= 0.6 is 11.6 Å². The lowest BCUT2D eigenvalue weighted by Crippen LogP contribution is -2.54. The third-order valence-electron chi connectivity index (χ3n) is 7.66. The molecule has 2 aromatic carbocycles. The number of carbonyl (C=O) groups excluding carboxylic acids is 2. The van der Waals surface area contributed by atoms with Gasteiger partial charge in [0.2, 0.25) is 5.91 Å². The second kappa shape index (κ2) is 8.57. The van der Waals surface area contributed by atoms with Crippen molar-refractivity contribution in [3.63, 3.8) is 0 Å². The highest BCUT2D eigenvalue weighted by molar-refractivity contribution is 6.31. The molecule has 2 atom stereocenters. The van der Waals surface area contributed by atoms with Crippen LogP contribution in [0.15, 0.2) is 42.1 Å². The van der Waals surface area contributed by atoms with Crippen molar-refractivity contribution in [1.82, 2.24) is 10.6 Å². The third kappa shape index (κ3) is 4.22. The Morgan fingerprint density at radius 1 is 1.24 bits per heavy atom. The molecular weight excluding hydrogens is 493 g/mol. The van der Waals surface area contributed by atoms with Crippen LogP contribution in [0.25, 0.3) is 5.57 Å². The van der Waals surface area contributed by atoms with Gasteiger partial charge in [0, 0.05) is 28.9 Å². The largest absolute Gasteiger partial charge is 0.390 e. The van der Waals surface area contributed by atoms with E-state index in [0.29, 0.717) is 30.5 Å². The van der Waals surface area contributed by atoms with E-state index < -0.39 is 28.8 Å². The molecular formula is C29H33ClFN3O3. The molecule has 0 saturated heterocycles. The summed E-state index contributed by atoms with van der Waals surface area (Å²) in [6.07, 6.45) is 1.38. The molecule has 8 heteroatoms. The maximum Gasteiger partial charge on any atom is 0.267 e. The van der Waals surface area contributed by atoms with Gasteiger partial charge < -0.3 is 21.1 Å². The summed E-state index contributed by atoms with van der Waals surface area (Å²) >= 11 is 6.22. The SMILES string of the molecule is Cc1ccc2c(c1)NC(=O)[C@@]21C(c2cccc(Cl)c2F)=C(C(=O)NC2CC(C)(O)C2)N[C@@H]1CC(C)(C)C. The van der Waals surface area contributed by atoms with Gasteiger partial charge in [-0.1, -0.05) is 56.6 Å². The molecule has 0 bridgehead atoms. The molecule has 0 aromatic heterocycles. The Balaban J connectivity index is 1.75. The Morgan fingerprint density at radius 3 is 2.59 bits per heavy atom. The second-order valence-corrected chi connectivity index (χ2v) is 12.6. The normalized spacial score (nSPS) is 28.6. The van der Waals surface area contributed by atoms with E-state index in [1.54, 1.807) is 19.1 Å². The molecule has 1 aliphatic carbocycles. The van der Waals surface area contributed by atoms with Crippen molar-refractivity contribution < 1.29 is 19.1 Å². The topological polar surface area (TPSA) is 90.5 Å². The second-order valence-electron chi connectivity index (χ2n) is 12.2. The van der Waals surface area contributed by atoms with Crippen LogP contribution in [0.1, 0.15) is 63.6 Å². The summed E-state index contributed by atoms with van der Waals surface area (Å²) in [4.78, 5) is 27.8. The maximum absolute atomic E-state index is 15.7. The molecule has 4 N–H and O–H groups in total. The van der Waals surface area contributed by atoms with Crippen molar-refractivity contribution in [2.24, 2.45) is 5.41 Å². The molecule has 2 amide bonds. The van der Waals surface area contributed by atoms with Gasteiger partial charge >= 0.3 is 0 Å². The number of carbonyl (C=O) groups is 2. The first kappa shape index (κ1) is 25.7. The van der Waals surface area contributed by atoms with Crippen LogP contribution in [0.4, 0.5) is 10.1 Å². The van der Waals surface area contributed by atoms with Gasteiger partial charge in [0.1, 0.15) is 16.9 Å². The van der Waals surface area contributed by atoms with Gasteiger partial charge in [-0.15, -0.1) is 0 Å². The molecule has 1 saturated carbocycles. The number of amides is 2. The average Bonchev–Trinajstić information content (AvgIpc) is 3.23. The Kier molecular flexibility index (Phi) is 5.96. The van der Waals surface area contributed by atoms with Crippen LogP contribution in [-0.4, -0.2) is 34.6 Å². The number of anilines is 1. The number of halogens is 2. The fraction of sp³-hybridized carbons (Fsp3) is 0.448. The number of aryl methyl sites for hydroxylation is 1. The fourth-order valence-electron chi connectivity index (χ4n) is 6.17. The summed E-state index contributed by atoms with van der Waals surface area (Å²) in [6.45, 7) is 9.88. The number of hydrogen-bond donors (Lipinski definition) is 4.